The van der Waals surface area contributed by atoms with Crippen molar-refractivity contribution < 1.29 is 4.79 Å². The second-order valence-electron chi connectivity index (χ2n) is 5.22. The smallest absolute Gasteiger partial charge is 0.221 e. The first-order valence-corrected chi connectivity index (χ1v) is 7.53. The molecule has 1 aromatic carbocycles. The summed E-state index contributed by atoms with van der Waals surface area (Å²) < 4.78 is 0. The highest BCUT2D eigenvalue weighted by Gasteiger charge is 2.12. The standard InChI is InChI=1S/C18H18N4O/c19-8-7-17(23)22-12-16-18(14-5-3-9-20-10-14)15-6-2-1-4-13(15)11-21-16/h1-6,9-11H,7-8,12,19H2,(H,22,23). The summed E-state index contributed by atoms with van der Waals surface area (Å²) in [4.78, 5) is 20.4. The van der Waals surface area contributed by atoms with Crippen LogP contribution in [0.2, 0.25) is 0 Å². The Balaban J connectivity index is 2.05. The highest BCUT2D eigenvalue weighted by molar-refractivity contribution is 5.97. The van der Waals surface area contributed by atoms with Crippen LogP contribution in [-0.2, 0) is 11.3 Å². The highest BCUT2D eigenvalue weighted by Crippen LogP contribution is 2.30. The van der Waals surface area contributed by atoms with E-state index in [2.05, 4.69) is 21.4 Å². The van der Waals surface area contributed by atoms with E-state index in [1.807, 2.05) is 42.7 Å². The van der Waals surface area contributed by atoms with Crippen molar-refractivity contribution in [1.82, 2.24) is 15.3 Å². The van der Waals surface area contributed by atoms with Gasteiger partial charge in [0.05, 0.1) is 12.2 Å². The van der Waals surface area contributed by atoms with Crippen LogP contribution in [0.15, 0.2) is 55.0 Å². The molecule has 2 heterocycles. The van der Waals surface area contributed by atoms with Gasteiger partial charge in [0.15, 0.2) is 0 Å². The average Bonchev–Trinajstić information content (AvgIpc) is 2.60. The van der Waals surface area contributed by atoms with Gasteiger partial charge in [0.25, 0.3) is 0 Å². The van der Waals surface area contributed by atoms with E-state index in [1.165, 1.54) is 0 Å². The zero-order chi connectivity index (χ0) is 16.1. The van der Waals surface area contributed by atoms with Crippen molar-refractivity contribution in [3.05, 3.63) is 60.7 Å². The molecule has 5 nitrogen and oxygen atoms in total. The van der Waals surface area contributed by atoms with Crippen LogP contribution in [0.3, 0.4) is 0 Å². The summed E-state index contributed by atoms with van der Waals surface area (Å²) in [5.74, 6) is -0.0698. The third-order valence-electron chi connectivity index (χ3n) is 3.65. The second-order valence-corrected chi connectivity index (χ2v) is 5.22. The van der Waals surface area contributed by atoms with Crippen molar-refractivity contribution >= 4 is 16.7 Å². The van der Waals surface area contributed by atoms with Crippen LogP contribution in [0.1, 0.15) is 12.1 Å². The summed E-state index contributed by atoms with van der Waals surface area (Å²) in [7, 11) is 0. The van der Waals surface area contributed by atoms with Crippen LogP contribution in [0.25, 0.3) is 21.9 Å². The van der Waals surface area contributed by atoms with Crippen LogP contribution >= 0.6 is 0 Å². The molecule has 2 aromatic heterocycles. The van der Waals surface area contributed by atoms with E-state index in [4.69, 9.17) is 5.73 Å². The molecule has 0 fully saturated rings. The lowest BCUT2D eigenvalue weighted by Crippen LogP contribution is -2.25. The Bertz CT molecular complexity index is 818. The van der Waals surface area contributed by atoms with Gasteiger partial charge in [-0.2, -0.15) is 0 Å². The number of pyridine rings is 2. The lowest BCUT2D eigenvalue weighted by atomic mass is 9.98. The maximum absolute atomic E-state index is 11.7. The van der Waals surface area contributed by atoms with Gasteiger partial charge < -0.3 is 11.1 Å². The molecule has 1 amide bonds. The van der Waals surface area contributed by atoms with Gasteiger partial charge in [0, 0.05) is 48.1 Å². The second kappa shape index (κ2) is 6.98. The molecule has 0 aliphatic rings. The molecule has 0 aliphatic heterocycles. The van der Waals surface area contributed by atoms with Crippen molar-refractivity contribution in [3.8, 4) is 11.1 Å². The van der Waals surface area contributed by atoms with Gasteiger partial charge in [-0.1, -0.05) is 30.3 Å². The van der Waals surface area contributed by atoms with Crippen LogP contribution in [0, 0.1) is 0 Å². The number of nitrogens with one attached hydrogen (secondary N) is 1. The maximum atomic E-state index is 11.7. The summed E-state index contributed by atoms with van der Waals surface area (Å²) in [5.41, 5.74) is 8.22. The Morgan fingerprint density at radius 2 is 2.00 bits per heavy atom. The first-order chi connectivity index (χ1) is 11.3. The van der Waals surface area contributed by atoms with Crippen molar-refractivity contribution in [2.75, 3.05) is 6.54 Å². The molecule has 0 saturated heterocycles. The summed E-state index contributed by atoms with van der Waals surface area (Å²) >= 11 is 0. The summed E-state index contributed by atoms with van der Waals surface area (Å²) in [6.07, 6.45) is 5.70. The number of hydrogen-bond acceptors (Lipinski definition) is 4. The van der Waals surface area contributed by atoms with E-state index in [-0.39, 0.29) is 5.91 Å². The number of nitrogens with two attached hydrogens (primary N) is 1. The number of rotatable bonds is 5. The van der Waals surface area contributed by atoms with Crippen LogP contribution in [0.4, 0.5) is 0 Å². The number of amides is 1. The van der Waals surface area contributed by atoms with E-state index in [9.17, 15) is 4.79 Å². The third kappa shape index (κ3) is 3.35. The number of carbonyl (C=O) groups is 1. The predicted octanol–water partition coefficient (Wildman–Crippen LogP) is 2.26. The van der Waals surface area contributed by atoms with E-state index in [0.29, 0.717) is 19.5 Å². The van der Waals surface area contributed by atoms with Crippen LogP contribution < -0.4 is 11.1 Å². The molecule has 0 aliphatic carbocycles. The van der Waals surface area contributed by atoms with Crippen LogP contribution in [-0.4, -0.2) is 22.4 Å². The molecule has 116 valence electrons. The Labute approximate surface area is 134 Å². The lowest BCUT2D eigenvalue weighted by Gasteiger charge is -2.13. The van der Waals surface area contributed by atoms with E-state index < -0.39 is 0 Å². The number of hydrogen-bond donors (Lipinski definition) is 2. The molecule has 3 aromatic rings. The van der Waals surface area contributed by atoms with Crippen molar-refractivity contribution in [1.29, 1.82) is 0 Å². The highest BCUT2D eigenvalue weighted by atomic mass is 16.1. The molecular weight excluding hydrogens is 288 g/mol. The number of carbonyl (C=O) groups excluding carboxylic acids is 1. The molecule has 0 radical (unpaired) electrons. The Kier molecular flexibility index (Phi) is 4.59. The lowest BCUT2D eigenvalue weighted by molar-refractivity contribution is -0.121. The number of fused-ring (bicyclic) bond motifs is 1. The fraction of sp³-hybridized carbons (Fsp3) is 0.167. The van der Waals surface area contributed by atoms with E-state index in [0.717, 1.165) is 27.6 Å². The number of aromatic nitrogens is 2. The minimum atomic E-state index is -0.0698. The first kappa shape index (κ1) is 15.1. The molecule has 0 atom stereocenters. The fourth-order valence-corrected chi connectivity index (χ4v) is 2.57. The van der Waals surface area contributed by atoms with E-state index >= 15 is 0 Å². The zero-order valence-electron chi connectivity index (χ0n) is 12.7. The summed E-state index contributed by atoms with van der Waals surface area (Å²) in [5, 5.41) is 5.03. The minimum absolute atomic E-state index is 0.0698. The van der Waals surface area contributed by atoms with Crippen molar-refractivity contribution in [3.63, 3.8) is 0 Å². The van der Waals surface area contributed by atoms with Crippen LogP contribution in [0.5, 0.6) is 0 Å². The van der Waals surface area contributed by atoms with Gasteiger partial charge in [0.1, 0.15) is 0 Å². The summed E-state index contributed by atoms with van der Waals surface area (Å²) in [6, 6.07) is 12.0. The molecule has 3 rings (SSSR count). The molecule has 0 spiro atoms. The van der Waals surface area contributed by atoms with Gasteiger partial charge in [-0.25, -0.2) is 0 Å². The molecule has 0 saturated carbocycles. The minimum Gasteiger partial charge on any atom is -0.350 e. The molecule has 5 heteroatoms. The average molecular weight is 306 g/mol. The van der Waals surface area contributed by atoms with Gasteiger partial charge in [-0.15, -0.1) is 0 Å². The SMILES string of the molecule is NCCC(=O)NCc1ncc2ccccc2c1-c1cccnc1. The Morgan fingerprint density at radius 1 is 1.13 bits per heavy atom. The zero-order valence-corrected chi connectivity index (χ0v) is 12.7. The largest absolute Gasteiger partial charge is 0.350 e. The topological polar surface area (TPSA) is 80.9 Å². The maximum Gasteiger partial charge on any atom is 0.221 e. The third-order valence-corrected chi connectivity index (χ3v) is 3.65. The van der Waals surface area contributed by atoms with Gasteiger partial charge in [-0.3, -0.25) is 14.8 Å². The molecular formula is C18H18N4O. The quantitative estimate of drug-likeness (QED) is 0.757. The van der Waals surface area contributed by atoms with Gasteiger partial charge in [0.2, 0.25) is 5.91 Å². The van der Waals surface area contributed by atoms with Crippen molar-refractivity contribution in [2.45, 2.75) is 13.0 Å². The molecule has 0 unspecified atom stereocenters. The first-order valence-electron chi connectivity index (χ1n) is 7.53. The molecule has 0 bridgehead atoms. The monoisotopic (exact) mass is 306 g/mol. The molecule has 3 N–H and O–H groups in total. The van der Waals surface area contributed by atoms with Gasteiger partial charge in [-0.05, 0) is 11.5 Å². The van der Waals surface area contributed by atoms with Crippen molar-refractivity contribution in [2.24, 2.45) is 5.73 Å². The van der Waals surface area contributed by atoms with E-state index in [1.54, 1.807) is 6.20 Å². The Morgan fingerprint density at radius 3 is 2.78 bits per heavy atom. The van der Waals surface area contributed by atoms with Gasteiger partial charge >= 0.3 is 0 Å². The Hall–Kier alpha value is -2.79. The summed E-state index contributed by atoms with van der Waals surface area (Å²) in [6.45, 7) is 0.709. The fourth-order valence-electron chi connectivity index (χ4n) is 2.57. The number of benzene rings is 1. The normalized spacial score (nSPS) is 10.7. The predicted molar refractivity (Wildman–Crippen MR) is 90.5 cm³/mol. The number of nitrogens with zero attached hydrogens (tertiary/aromatic N) is 2. The molecule has 23 heavy (non-hydrogen) atoms.